The topological polar surface area (TPSA) is 0 Å². The molecule has 0 nitrogen and oxygen atoms in total. The Balaban J connectivity index is 0.000000285. The zero-order valence-electron chi connectivity index (χ0n) is 15.2. The highest BCUT2D eigenvalue weighted by Gasteiger charge is 1.84. The molecule has 0 bridgehead atoms. The first-order valence-corrected chi connectivity index (χ1v) is 8.97. The van der Waals surface area contributed by atoms with Crippen molar-refractivity contribution in [3.63, 3.8) is 0 Å². The standard InChI is InChI=1S/2C6H6.C5H8.C5H6.C2H6/c2*1-2-4-6-5-3-1;2*1-2-4-5-3-1;1-2/h2*1-6H;1-2H,3-5H2;1-4H,5H2;1-2H3. The maximum Gasteiger partial charge on any atom is -0.0163 e. The van der Waals surface area contributed by atoms with Gasteiger partial charge in [0.15, 0.2) is 0 Å². The van der Waals surface area contributed by atoms with Gasteiger partial charge in [0.2, 0.25) is 0 Å². The summed E-state index contributed by atoms with van der Waals surface area (Å²) in [5.74, 6) is 0. The van der Waals surface area contributed by atoms with E-state index in [1.807, 2.05) is 86.6 Å². The Morgan fingerprint density at radius 2 is 0.708 bits per heavy atom. The first kappa shape index (κ1) is 21.7. The predicted octanol–water partition coefficient (Wildman–Crippen LogP) is 7.63. The molecule has 2 aliphatic rings. The van der Waals surface area contributed by atoms with E-state index < -0.39 is 0 Å². The van der Waals surface area contributed by atoms with Crippen LogP contribution in [0.1, 0.15) is 39.5 Å². The summed E-state index contributed by atoms with van der Waals surface area (Å²) in [6.45, 7) is 4.00. The van der Waals surface area contributed by atoms with Gasteiger partial charge in [0.25, 0.3) is 0 Å². The summed E-state index contributed by atoms with van der Waals surface area (Å²) < 4.78 is 0. The van der Waals surface area contributed by atoms with Crippen LogP contribution in [0.3, 0.4) is 0 Å². The van der Waals surface area contributed by atoms with E-state index in [9.17, 15) is 0 Å². The van der Waals surface area contributed by atoms with Gasteiger partial charge in [-0.2, -0.15) is 0 Å². The monoisotopic (exact) mass is 320 g/mol. The van der Waals surface area contributed by atoms with Gasteiger partial charge in [0.05, 0.1) is 0 Å². The van der Waals surface area contributed by atoms with Crippen LogP contribution in [-0.4, -0.2) is 0 Å². The average Bonchev–Trinajstić information content (AvgIpc) is 3.45. The van der Waals surface area contributed by atoms with E-state index in [-0.39, 0.29) is 0 Å². The molecule has 2 aromatic carbocycles. The molecule has 0 N–H and O–H groups in total. The Morgan fingerprint density at radius 3 is 0.833 bits per heavy atom. The van der Waals surface area contributed by atoms with E-state index in [4.69, 9.17) is 0 Å². The smallest absolute Gasteiger partial charge is 0.0163 e. The highest BCUT2D eigenvalue weighted by Crippen LogP contribution is 2.05. The Bertz CT molecular complexity index is 405. The van der Waals surface area contributed by atoms with Crippen molar-refractivity contribution < 1.29 is 0 Å². The van der Waals surface area contributed by atoms with Gasteiger partial charge in [-0.05, 0) is 25.7 Å². The molecule has 0 fully saturated rings. The summed E-state index contributed by atoms with van der Waals surface area (Å²) in [6, 6.07) is 24.0. The normalized spacial score (nSPS) is 12.2. The van der Waals surface area contributed by atoms with Crippen LogP contribution in [0.2, 0.25) is 0 Å². The lowest BCUT2D eigenvalue weighted by atomic mass is 10.4. The van der Waals surface area contributed by atoms with Crippen molar-refractivity contribution in [2.24, 2.45) is 0 Å². The molecule has 0 heterocycles. The Kier molecular flexibility index (Phi) is 18.6. The van der Waals surface area contributed by atoms with Crippen LogP contribution >= 0.6 is 0 Å². The highest BCUT2D eigenvalue weighted by molar-refractivity contribution is 5.12. The molecule has 0 radical (unpaired) electrons. The number of rotatable bonds is 0. The van der Waals surface area contributed by atoms with Gasteiger partial charge in [0, 0.05) is 0 Å². The largest absolute Gasteiger partial charge is 0.0885 e. The summed E-state index contributed by atoms with van der Waals surface area (Å²) in [7, 11) is 0. The van der Waals surface area contributed by atoms with E-state index in [0.717, 1.165) is 6.42 Å². The maximum absolute atomic E-state index is 2.24. The zero-order valence-corrected chi connectivity index (χ0v) is 15.2. The quantitative estimate of drug-likeness (QED) is 0.438. The van der Waals surface area contributed by atoms with Gasteiger partial charge in [-0.15, -0.1) is 0 Å². The van der Waals surface area contributed by atoms with Crippen LogP contribution in [0.5, 0.6) is 0 Å². The molecule has 0 spiro atoms. The van der Waals surface area contributed by atoms with Crippen molar-refractivity contribution in [1.29, 1.82) is 0 Å². The van der Waals surface area contributed by atoms with Gasteiger partial charge < -0.3 is 0 Å². The minimum atomic E-state index is 1.14. The van der Waals surface area contributed by atoms with Crippen molar-refractivity contribution >= 4 is 0 Å². The lowest BCUT2D eigenvalue weighted by Gasteiger charge is -1.69. The maximum atomic E-state index is 2.24. The Hall–Kier alpha value is -2.34. The summed E-state index contributed by atoms with van der Waals surface area (Å²) >= 11 is 0. The molecular formula is C24H32. The highest BCUT2D eigenvalue weighted by atomic mass is 13.9. The molecular weight excluding hydrogens is 288 g/mol. The van der Waals surface area contributed by atoms with E-state index in [2.05, 4.69) is 36.5 Å². The summed E-state index contributed by atoms with van der Waals surface area (Å²) in [5, 5.41) is 0. The van der Waals surface area contributed by atoms with Crippen molar-refractivity contribution in [2.75, 3.05) is 0 Å². The van der Waals surface area contributed by atoms with Gasteiger partial charge >= 0.3 is 0 Å². The van der Waals surface area contributed by atoms with E-state index in [1.165, 1.54) is 19.3 Å². The van der Waals surface area contributed by atoms with E-state index in [1.54, 1.807) is 0 Å². The molecule has 0 aromatic heterocycles. The summed E-state index contributed by atoms with van der Waals surface area (Å²) in [4.78, 5) is 0. The van der Waals surface area contributed by atoms with Crippen molar-refractivity contribution in [3.05, 3.63) is 109 Å². The zero-order chi connectivity index (χ0) is 17.6. The van der Waals surface area contributed by atoms with Gasteiger partial charge in [0.1, 0.15) is 0 Å². The fraction of sp³-hybridized carbons (Fsp3) is 0.250. The van der Waals surface area contributed by atoms with Crippen molar-refractivity contribution in [3.8, 4) is 0 Å². The molecule has 128 valence electrons. The third kappa shape index (κ3) is 17.7. The second-order valence-corrected chi connectivity index (χ2v) is 4.80. The first-order valence-electron chi connectivity index (χ1n) is 8.97. The van der Waals surface area contributed by atoms with E-state index >= 15 is 0 Å². The minimum Gasteiger partial charge on any atom is -0.0885 e. The minimum absolute atomic E-state index is 1.14. The van der Waals surface area contributed by atoms with Crippen LogP contribution in [0.4, 0.5) is 0 Å². The Morgan fingerprint density at radius 1 is 0.417 bits per heavy atom. The molecule has 0 heteroatoms. The second kappa shape index (κ2) is 20.7. The van der Waals surface area contributed by atoms with Gasteiger partial charge in [-0.3, -0.25) is 0 Å². The summed E-state index contributed by atoms with van der Waals surface area (Å²) in [6.07, 6.45) is 18.0. The fourth-order valence-corrected chi connectivity index (χ4v) is 1.75. The molecule has 4 rings (SSSR count). The molecule has 0 atom stereocenters. The third-order valence-corrected chi connectivity index (χ3v) is 2.90. The number of hydrogen-bond acceptors (Lipinski definition) is 0. The SMILES string of the molecule is C1=CCC=C1.C1=CCCC1.CC.c1ccccc1.c1ccccc1. The first-order chi connectivity index (χ1) is 12.0. The lowest BCUT2D eigenvalue weighted by Crippen LogP contribution is -1.50. The van der Waals surface area contributed by atoms with Crippen LogP contribution in [0, 0.1) is 0 Å². The molecule has 0 amide bonds. The summed E-state index contributed by atoms with van der Waals surface area (Å²) in [5.41, 5.74) is 0. The third-order valence-electron chi connectivity index (χ3n) is 2.90. The number of allylic oxidation sites excluding steroid dienone is 6. The molecule has 0 unspecified atom stereocenters. The molecule has 0 aliphatic heterocycles. The number of hydrogen-bond donors (Lipinski definition) is 0. The molecule has 2 aliphatic carbocycles. The number of benzene rings is 2. The molecule has 0 saturated heterocycles. The van der Waals surface area contributed by atoms with Crippen molar-refractivity contribution in [1.82, 2.24) is 0 Å². The van der Waals surface area contributed by atoms with Crippen LogP contribution in [0.25, 0.3) is 0 Å². The van der Waals surface area contributed by atoms with E-state index in [0.29, 0.717) is 0 Å². The molecule has 2 aromatic rings. The second-order valence-electron chi connectivity index (χ2n) is 4.80. The van der Waals surface area contributed by atoms with Crippen LogP contribution < -0.4 is 0 Å². The Labute approximate surface area is 149 Å². The molecule has 24 heavy (non-hydrogen) atoms. The fourth-order valence-electron chi connectivity index (χ4n) is 1.75. The average molecular weight is 321 g/mol. The van der Waals surface area contributed by atoms with Crippen LogP contribution in [-0.2, 0) is 0 Å². The van der Waals surface area contributed by atoms with Crippen molar-refractivity contribution in [2.45, 2.75) is 39.5 Å². The molecule has 0 saturated carbocycles. The van der Waals surface area contributed by atoms with Crippen LogP contribution in [0.15, 0.2) is 109 Å². The van der Waals surface area contributed by atoms with Gasteiger partial charge in [-0.1, -0.05) is 123 Å². The van der Waals surface area contributed by atoms with Gasteiger partial charge in [-0.25, -0.2) is 0 Å². The lowest BCUT2D eigenvalue weighted by molar-refractivity contribution is 0.929. The predicted molar refractivity (Wildman–Crippen MR) is 110 cm³/mol.